The summed E-state index contributed by atoms with van der Waals surface area (Å²) in [5.41, 5.74) is 7.34. The summed E-state index contributed by atoms with van der Waals surface area (Å²) in [5, 5.41) is 22.4. The van der Waals surface area contributed by atoms with Crippen LogP contribution in [0.2, 0.25) is 0 Å². The molecule has 1 aliphatic heterocycles. The van der Waals surface area contributed by atoms with Gasteiger partial charge in [0.25, 0.3) is 0 Å². The molecule has 290 valence electrons. The standard InChI is InChI=1S/C28H26NS.C15H18N2.C5H12O2.Ir/c1-17-12-18(2)14-21(13-17)25-27-24(10-11-29-25)23-9-7-20-15-19(16-28(3,4)5)6-8-22(20)26(23)30-27;1-3-7-14(8-4-1)16-11-12-17(13-16)15-9-5-2-6-10-15;1-4(6)3-5(2)7;/h6-13,15H,16H2,1-5H3;1,3-4,7,11-13,15H,2,5-6,9-10H2;4-7H,3H2,1-2H3;/q-1;-2;;+3. The SMILES string of the molecule is CC(O)CC(C)O.Cc1[c-]c(-c2nccc3c2sc2c4ccc(CC(C)(C)C)cc4ccc32)cc(C)c1.[Ir+3].[c-]1ccccc1N1C=CN(C2CCCCC2)[CH-]1. The molecular weight excluding hydrogens is 875 g/mol. The molecule has 2 N–H and O–H groups in total. The first kappa shape index (κ1) is 42.6. The molecular formula is C48H56IrN3O2S. The van der Waals surface area contributed by atoms with Crippen molar-refractivity contribution in [3.63, 3.8) is 0 Å². The predicted molar refractivity (Wildman–Crippen MR) is 229 cm³/mol. The van der Waals surface area contributed by atoms with Crippen LogP contribution in [0.4, 0.5) is 5.69 Å². The molecule has 4 aromatic carbocycles. The van der Waals surface area contributed by atoms with Crippen LogP contribution in [-0.2, 0) is 26.5 Å². The molecule has 0 bridgehead atoms. The third kappa shape index (κ3) is 11.3. The minimum atomic E-state index is -0.375. The summed E-state index contributed by atoms with van der Waals surface area (Å²) in [4.78, 5) is 9.28. The van der Waals surface area contributed by atoms with Crippen LogP contribution >= 0.6 is 11.3 Å². The summed E-state index contributed by atoms with van der Waals surface area (Å²) in [7, 11) is 0. The minimum absolute atomic E-state index is 0. The summed E-state index contributed by atoms with van der Waals surface area (Å²) in [5.74, 6) is 0. The van der Waals surface area contributed by atoms with E-state index in [4.69, 9.17) is 15.2 Å². The van der Waals surface area contributed by atoms with Crippen LogP contribution in [0.15, 0.2) is 91.4 Å². The molecule has 1 saturated carbocycles. The Morgan fingerprint density at radius 3 is 2.25 bits per heavy atom. The quantitative estimate of drug-likeness (QED) is 0.163. The predicted octanol–water partition coefficient (Wildman–Crippen LogP) is 11.9. The second-order valence-corrected chi connectivity index (χ2v) is 17.4. The monoisotopic (exact) mass is 931 g/mol. The summed E-state index contributed by atoms with van der Waals surface area (Å²) in [6.45, 7) is 16.6. The van der Waals surface area contributed by atoms with Gasteiger partial charge in [-0.15, -0.1) is 51.9 Å². The molecule has 2 aromatic heterocycles. The summed E-state index contributed by atoms with van der Waals surface area (Å²) >= 11 is 1.86. The number of nitrogens with zero attached hydrogens (tertiary/aromatic N) is 3. The fraction of sp³-hybridized carbons (Fsp3) is 0.375. The van der Waals surface area contributed by atoms with Crippen LogP contribution in [0.1, 0.15) is 89.8 Å². The summed E-state index contributed by atoms with van der Waals surface area (Å²) < 4.78 is 2.60. The molecule has 2 atom stereocenters. The average Bonchev–Trinajstić information content (AvgIpc) is 3.77. The number of hydrogen-bond donors (Lipinski definition) is 2. The Kier molecular flexibility index (Phi) is 14.7. The average molecular weight is 931 g/mol. The topological polar surface area (TPSA) is 59.8 Å². The maximum Gasteiger partial charge on any atom is 3.00 e. The summed E-state index contributed by atoms with van der Waals surface area (Å²) in [6, 6.07) is 33.6. The van der Waals surface area contributed by atoms with E-state index in [9.17, 15) is 0 Å². The Bertz CT molecular complexity index is 2160. The molecule has 3 heterocycles. The summed E-state index contributed by atoms with van der Waals surface area (Å²) in [6.07, 6.45) is 13.9. The number of aromatic nitrogens is 1. The van der Waals surface area contributed by atoms with Crippen molar-refractivity contribution < 1.29 is 30.3 Å². The van der Waals surface area contributed by atoms with Crippen LogP contribution in [0.3, 0.4) is 0 Å². The van der Waals surface area contributed by atoms with E-state index in [1.54, 1.807) is 13.8 Å². The van der Waals surface area contributed by atoms with Gasteiger partial charge >= 0.3 is 20.1 Å². The molecule has 55 heavy (non-hydrogen) atoms. The number of thiophene rings is 1. The van der Waals surface area contributed by atoms with Gasteiger partial charge in [0.1, 0.15) is 0 Å². The molecule has 1 aliphatic carbocycles. The third-order valence-corrected chi connectivity index (χ3v) is 11.1. The Morgan fingerprint density at radius 1 is 0.873 bits per heavy atom. The number of aliphatic hydroxyl groups is 2. The van der Waals surface area contributed by atoms with Gasteiger partial charge < -0.3 is 25.0 Å². The Morgan fingerprint density at radius 2 is 1.60 bits per heavy atom. The molecule has 0 amide bonds. The molecule has 0 radical (unpaired) electrons. The van der Waals surface area contributed by atoms with Crippen molar-refractivity contribution in [3.8, 4) is 11.3 Å². The zero-order valence-electron chi connectivity index (χ0n) is 33.4. The smallest absolute Gasteiger partial charge is 0.505 e. The van der Waals surface area contributed by atoms with Crippen molar-refractivity contribution in [1.82, 2.24) is 9.88 Å². The number of anilines is 1. The first-order valence-electron chi connectivity index (χ1n) is 19.5. The van der Waals surface area contributed by atoms with E-state index in [0.29, 0.717) is 17.9 Å². The third-order valence-electron chi connectivity index (χ3n) is 9.88. The zero-order valence-corrected chi connectivity index (χ0v) is 36.6. The number of aryl methyl sites for hydroxylation is 2. The number of fused-ring (bicyclic) bond motifs is 5. The molecule has 5 nitrogen and oxygen atoms in total. The molecule has 2 unspecified atom stereocenters. The van der Waals surface area contributed by atoms with E-state index >= 15 is 0 Å². The van der Waals surface area contributed by atoms with Crippen LogP contribution < -0.4 is 4.90 Å². The fourth-order valence-corrected chi connectivity index (χ4v) is 8.96. The first-order chi connectivity index (χ1) is 25.8. The van der Waals surface area contributed by atoms with Gasteiger partial charge in [0, 0.05) is 32.7 Å². The maximum atomic E-state index is 8.56. The number of benzene rings is 4. The van der Waals surface area contributed by atoms with Gasteiger partial charge in [0.05, 0.1) is 12.2 Å². The van der Waals surface area contributed by atoms with E-state index in [-0.39, 0.29) is 32.3 Å². The Labute approximate surface area is 346 Å². The minimum Gasteiger partial charge on any atom is -0.505 e. The number of hydrogen-bond acceptors (Lipinski definition) is 6. The normalized spacial score (nSPS) is 15.7. The molecule has 7 heteroatoms. The Hall–Kier alpha value is -3.58. The van der Waals surface area contributed by atoms with Crippen LogP contribution in [0.25, 0.3) is 42.2 Å². The largest absolute Gasteiger partial charge is 3.00 e. The number of aliphatic hydroxyl groups excluding tert-OH is 2. The molecule has 0 saturated heterocycles. The van der Waals surface area contributed by atoms with E-state index in [0.717, 1.165) is 28.9 Å². The second-order valence-electron chi connectivity index (χ2n) is 16.4. The molecule has 1 fully saturated rings. The zero-order chi connectivity index (χ0) is 38.4. The van der Waals surface area contributed by atoms with Crippen LogP contribution in [0.5, 0.6) is 0 Å². The Balaban J connectivity index is 0.000000195. The van der Waals surface area contributed by atoms with Crippen molar-refractivity contribution in [3.05, 3.63) is 127 Å². The van der Waals surface area contributed by atoms with Crippen LogP contribution in [0, 0.1) is 38.1 Å². The van der Waals surface area contributed by atoms with Crippen molar-refractivity contribution >= 4 is 48.0 Å². The van der Waals surface area contributed by atoms with E-state index in [1.807, 2.05) is 29.7 Å². The van der Waals surface area contributed by atoms with Crippen molar-refractivity contribution in [1.29, 1.82) is 0 Å². The first-order valence-corrected chi connectivity index (χ1v) is 20.3. The fourth-order valence-electron chi connectivity index (χ4n) is 7.62. The van der Waals surface area contributed by atoms with Gasteiger partial charge in [-0.25, -0.2) is 0 Å². The number of rotatable bonds is 6. The van der Waals surface area contributed by atoms with E-state index < -0.39 is 0 Å². The van der Waals surface area contributed by atoms with Gasteiger partial charge in [-0.1, -0.05) is 84.2 Å². The van der Waals surface area contributed by atoms with E-state index in [2.05, 4.69) is 136 Å². The second kappa shape index (κ2) is 19.0. The molecule has 0 spiro atoms. The van der Waals surface area contributed by atoms with Crippen molar-refractivity contribution in [2.75, 3.05) is 4.90 Å². The number of para-hydroxylation sites is 1. The van der Waals surface area contributed by atoms with Crippen molar-refractivity contribution in [2.24, 2.45) is 5.41 Å². The molecule has 8 rings (SSSR count). The maximum absolute atomic E-state index is 8.56. The number of pyridine rings is 1. The molecule has 2 aliphatic rings. The van der Waals surface area contributed by atoms with E-state index in [1.165, 1.54) is 74.2 Å². The van der Waals surface area contributed by atoms with Crippen molar-refractivity contribution in [2.45, 2.75) is 112 Å². The van der Waals surface area contributed by atoms with Gasteiger partial charge in [-0.05, 0) is 85.1 Å². The van der Waals surface area contributed by atoms with Crippen LogP contribution in [-0.4, -0.2) is 38.3 Å². The van der Waals surface area contributed by atoms with Gasteiger partial charge in [-0.2, -0.15) is 37.0 Å². The van der Waals surface area contributed by atoms with Gasteiger partial charge in [-0.3, -0.25) is 0 Å². The van der Waals surface area contributed by atoms with Gasteiger partial charge in [0.2, 0.25) is 0 Å². The molecule has 6 aromatic rings. The van der Waals surface area contributed by atoms with Gasteiger partial charge in [0.15, 0.2) is 0 Å².